The van der Waals surface area contributed by atoms with Gasteiger partial charge in [0.1, 0.15) is 11.6 Å². The highest BCUT2D eigenvalue weighted by atomic mass is 19.1. The molecule has 0 radical (unpaired) electrons. The van der Waals surface area contributed by atoms with E-state index in [-0.39, 0.29) is 5.56 Å². The van der Waals surface area contributed by atoms with Gasteiger partial charge in [-0.2, -0.15) is 0 Å². The highest BCUT2D eigenvalue weighted by molar-refractivity contribution is 5.27. The molecule has 1 aromatic carbocycles. The molecule has 0 saturated heterocycles. The fourth-order valence-corrected chi connectivity index (χ4v) is 1.89. The number of benzene rings is 1. The van der Waals surface area contributed by atoms with Crippen LogP contribution in [-0.4, -0.2) is 0 Å². The maximum atomic E-state index is 13.4. The van der Waals surface area contributed by atoms with Crippen LogP contribution >= 0.6 is 0 Å². The summed E-state index contributed by atoms with van der Waals surface area (Å²) in [5.41, 5.74) is -0.216. The standard InChI is InChI=1S/C12H16F2/c1-4-8-12(2,3)11-9(13)6-5-7-10(11)14/h5-7H,4,8H2,1-3H3. The zero-order valence-electron chi connectivity index (χ0n) is 8.90. The van der Waals surface area contributed by atoms with Crippen LogP contribution in [0.4, 0.5) is 8.78 Å². The van der Waals surface area contributed by atoms with Gasteiger partial charge in [-0.1, -0.05) is 33.3 Å². The first kappa shape index (κ1) is 11.2. The first-order chi connectivity index (χ1) is 6.49. The predicted octanol–water partition coefficient (Wildman–Crippen LogP) is 4.04. The fourth-order valence-electron chi connectivity index (χ4n) is 1.89. The molecule has 0 bridgehead atoms. The number of hydrogen-bond donors (Lipinski definition) is 0. The van der Waals surface area contributed by atoms with E-state index in [9.17, 15) is 8.78 Å². The lowest BCUT2D eigenvalue weighted by Gasteiger charge is -2.25. The Morgan fingerprint density at radius 1 is 1.14 bits per heavy atom. The molecule has 0 aliphatic rings. The second kappa shape index (κ2) is 4.07. The molecule has 0 amide bonds. The Balaban J connectivity index is 3.17. The fraction of sp³-hybridized carbons (Fsp3) is 0.500. The Morgan fingerprint density at radius 2 is 1.64 bits per heavy atom. The van der Waals surface area contributed by atoms with Crippen LogP contribution < -0.4 is 0 Å². The molecule has 0 heterocycles. The van der Waals surface area contributed by atoms with Crippen LogP contribution in [0.15, 0.2) is 18.2 Å². The zero-order chi connectivity index (χ0) is 10.8. The van der Waals surface area contributed by atoms with Crippen molar-refractivity contribution >= 4 is 0 Å². The predicted molar refractivity (Wildman–Crippen MR) is 54.3 cm³/mol. The minimum absolute atomic E-state index is 0.210. The lowest BCUT2D eigenvalue weighted by Crippen LogP contribution is -2.20. The number of halogens is 2. The van der Waals surface area contributed by atoms with Gasteiger partial charge in [0.05, 0.1) is 0 Å². The Bertz CT molecular complexity index is 296. The molecule has 14 heavy (non-hydrogen) atoms. The smallest absolute Gasteiger partial charge is 0.129 e. The second-order valence-corrected chi connectivity index (χ2v) is 4.23. The molecule has 1 rings (SSSR count). The van der Waals surface area contributed by atoms with Crippen molar-refractivity contribution in [1.29, 1.82) is 0 Å². The highest BCUT2D eigenvalue weighted by Crippen LogP contribution is 2.32. The first-order valence-corrected chi connectivity index (χ1v) is 4.93. The Labute approximate surface area is 84.0 Å². The molecule has 78 valence electrons. The van der Waals surface area contributed by atoms with E-state index in [1.54, 1.807) is 0 Å². The summed E-state index contributed by atoms with van der Waals surface area (Å²) in [7, 11) is 0. The molecule has 0 aliphatic carbocycles. The molecular formula is C12H16F2. The van der Waals surface area contributed by atoms with Crippen molar-refractivity contribution in [3.05, 3.63) is 35.4 Å². The molecule has 1 aromatic rings. The van der Waals surface area contributed by atoms with Gasteiger partial charge >= 0.3 is 0 Å². The van der Waals surface area contributed by atoms with Gasteiger partial charge in [0.2, 0.25) is 0 Å². The van der Waals surface area contributed by atoms with E-state index in [2.05, 4.69) is 0 Å². The summed E-state index contributed by atoms with van der Waals surface area (Å²) in [6, 6.07) is 4.03. The minimum Gasteiger partial charge on any atom is -0.207 e. The van der Waals surface area contributed by atoms with Crippen molar-refractivity contribution in [3.8, 4) is 0 Å². The quantitative estimate of drug-likeness (QED) is 0.687. The summed E-state index contributed by atoms with van der Waals surface area (Å²) in [6.45, 7) is 5.76. The van der Waals surface area contributed by atoms with Crippen molar-refractivity contribution in [1.82, 2.24) is 0 Å². The van der Waals surface area contributed by atoms with Crippen molar-refractivity contribution in [2.75, 3.05) is 0 Å². The molecule has 0 spiro atoms. The van der Waals surface area contributed by atoms with Crippen LogP contribution in [0.2, 0.25) is 0 Å². The summed E-state index contributed by atoms with van der Waals surface area (Å²) < 4.78 is 26.9. The van der Waals surface area contributed by atoms with Gasteiger partial charge in [-0.05, 0) is 24.0 Å². The van der Waals surface area contributed by atoms with Gasteiger partial charge in [-0.25, -0.2) is 8.78 Å². The van der Waals surface area contributed by atoms with Crippen LogP contribution in [0, 0.1) is 11.6 Å². The minimum atomic E-state index is -0.441. The molecule has 0 unspecified atom stereocenters. The van der Waals surface area contributed by atoms with Crippen molar-refractivity contribution < 1.29 is 8.78 Å². The zero-order valence-corrected chi connectivity index (χ0v) is 8.90. The van der Waals surface area contributed by atoms with Crippen molar-refractivity contribution in [2.24, 2.45) is 0 Å². The largest absolute Gasteiger partial charge is 0.207 e. The van der Waals surface area contributed by atoms with Crippen LogP contribution in [0.5, 0.6) is 0 Å². The average Bonchev–Trinajstić information content (AvgIpc) is 2.02. The Morgan fingerprint density at radius 3 is 2.07 bits per heavy atom. The molecule has 0 atom stereocenters. The van der Waals surface area contributed by atoms with E-state index < -0.39 is 17.0 Å². The molecule has 0 N–H and O–H groups in total. The van der Waals surface area contributed by atoms with E-state index in [1.807, 2.05) is 20.8 Å². The van der Waals surface area contributed by atoms with E-state index in [4.69, 9.17) is 0 Å². The molecule has 0 aromatic heterocycles. The summed E-state index contributed by atoms with van der Waals surface area (Å²) in [5, 5.41) is 0. The SMILES string of the molecule is CCCC(C)(C)c1c(F)cccc1F. The molecule has 0 saturated carbocycles. The van der Waals surface area contributed by atoms with E-state index in [0.717, 1.165) is 12.8 Å². The Hall–Kier alpha value is -0.920. The molecule has 0 nitrogen and oxygen atoms in total. The lowest BCUT2D eigenvalue weighted by atomic mass is 9.80. The van der Waals surface area contributed by atoms with Gasteiger partial charge in [-0.15, -0.1) is 0 Å². The molecule has 0 fully saturated rings. The third kappa shape index (κ3) is 2.11. The van der Waals surface area contributed by atoms with E-state index >= 15 is 0 Å². The third-order valence-electron chi connectivity index (χ3n) is 2.51. The first-order valence-electron chi connectivity index (χ1n) is 4.93. The average molecular weight is 198 g/mol. The second-order valence-electron chi connectivity index (χ2n) is 4.23. The summed E-state index contributed by atoms with van der Waals surface area (Å²) in [5.74, 6) is -0.882. The molecular weight excluding hydrogens is 182 g/mol. The Kier molecular flexibility index (Phi) is 3.25. The van der Waals surface area contributed by atoms with Crippen LogP contribution in [-0.2, 0) is 5.41 Å². The van der Waals surface area contributed by atoms with Gasteiger partial charge in [-0.3, -0.25) is 0 Å². The number of rotatable bonds is 3. The van der Waals surface area contributed by atoms with Crippen molar-refractivity contribution in [3.63, 3.8) is 0 Å². The van der Waals surface area contributed by atoms with Gasteiger partial charge in [0, 0.05) is 5.56 Å². The van der Waals surface area contributed by atoms with Crippen LogP contribution in [0.3, 0.4) is 0 Å². The van der Waals surface area contributed by atoms with Gasteiger partial charge < -0.3 is 0 Å². The highest BCUT2D eigenvalue weighted by Gasteiger charge is 2.26. The summed E-state index contributed by atoms with van der Waals surface area (Å²) in [6.07, 6.45) is 1.70. The maximum Gasteiger partial charge on any atom is 0.129 e. The van der Waals surface area contributed by atoms with Crippen LogP contribution in [0.1, 0.15) is 39.2 Å². The normalized spacial score (nSPS) is 11.8. The molecule has 2 heteroatoms. The van der Waals surface area contributed by atoms with Gasteiger partial charge in [0.25, 0.3) is 0 Å². The van der Waals surface area contributed by atoms with E-state index in [1.165, 1.54) is 18.2 Å². The topological polar surface area (TPSA) is 0 Å². The number of hydrogen-bond acceptors (Lipinski definition) is 0. The maximum absolute atomic E-state index is 13.4. The third-order valence-corrected chi connectivity index (χ3v) is 2.51. The summed E-state index contributed by atoms with van der Waals surface area (Å²) in [4.78, 5) is 0. The van der Waals surface area contributed by atoms with E-state index in [0.29, 0.717) is 0 Å². The van der Waals surface area contributed by atoms with Crippen LogP contribution in [0.25, 0.3) is 0 Å². The van der Waals surface area contributed by atoms with Crippen molar-refractivity contribution in [2.45, 2.75) is 39.0 Å². The molecule has 0 aliphatic heterocycles. The lowest BCUT2D eigenvalue weighted by molar-refractivity contribution is 0.416. The monoisotopic (exact) mass is 198 g/mol. The van der Waals surface area contributed by atoms with Gasteiger partial charge in [0.15, 0.2) is 0 Å². The summed E-state index contributed by atoms with van der Waals surface area (Å²) >= 11 is 0.